The smallest absolute Gasteiger partial charge is 0.203 e. The number of H-pyrrole nitrogens is 1. The van der Waals surface area contributed by atoms with Gasteiger partial charge in [0.15, 0.2) is 0 Å². The molecule has 1 aromatic carbocycles. The van der Waals surface area contributed by atoms with E-state index < -0.39 is 0 Å². The van der Waals surface area contributed by atoms with E-state index in [0.29, 0.717) is 5.88 Å². The summed E-state index contributed by atoms with van der Waals surface area (Å²) in [6, 6.07) is 4.57. The quantitative estimate of drug-likeness (QED) is 0.814. The Morgan fingerprint density at radius 1 is 1.39 bits per heavy atom. The van der Waals surface area contributed by atoms with Crippen molar-refractivity contribution in [2.45, 2.75) is 19.8 Å². The van der Waals surface area contributed by atoms with E-state index in [1.807, 2.05) is 0 Å². The van der Waals surface area contributed by atoms with E-state index in [1.54, 1.807) is 6.07 Å². The molecule has 0 aliphatic rings. The van der Waals surface area contributed by atoms with Crippen LogP contribution in [0.5, 0.6) is 0 Å². The van der Waals surface area contributed by atoms with E-state index >= 15 is 0 Å². The van der Waals surface area contributed by atoms with Crippen molar-refractivity contribution in [1.29, 1.82) is 0 Å². The molecule has 1 N–H and O–H groups in total. The predicted molar refractivity (Wildman–Crippen MR) is 73.9 cm³/mol. The molecule has 3 nitrogen and oxygen atoms in total. The number of imidazole rings is 1. The average Bonchev–Trinajstić information content (AvgIpc) is 2.77. The maximum atomic E-state index is 13.1. The summed E-state index contributed by atoms with van der Waals surface area (Å²) in [5.41, 5.74) is 1.50. The zero-order valence-electron chi connectivity index (χ0n) is 10.4. The van der Waals surface area contributed by atoms with Gasteiger partial charge in [-0.15, -0.1) is 11.6 Å². The summed E-state index contributed by atoms with van der Waals surface area (Å²) in [5, 5.41) is 0. The van der Waals surface area contributed by atoms with Crippen LogP contribution in [0.4, 0.5) is 10.3 Å². The van der Waals surface area contributed by atoms with E-state index in [2.05, 4.69) is 21.8 Å². The van der Waals surface area contributed by atoms with E-state index in [1.165, 1.54) is 12.1 Å². The fourth-order valence-electron chi connectivity index (χ4n) is 1.89. The number of aromatic nitrogens is 2. The Labute approximate surface area is 111 Å². The topological polar surface area (TPSA) is 31.9 Å². The Morgan fingerprint density at radius 2 is 2.22 bits per heavy atom. The van der Waals surface area contributed by atoms with Gasteiger partial charge in [0, 0.05) is 19.0 Å². The lowest BCUT2D eigenvalue weighted by Gasteiger charge is -2.20. The molecular weight excluding hydrogens is 253 g/mol. The molecule has 2 aromatic rings. The van der Waals surface area contributed by atoms with Crippen LogP contribution < -0.4 is 4.90 Å². The number of aromatic amines is 1. The second kappa shape index (κ2) is 6.05. The second-order valence-corrected chi connectivity index (χ2v) is 4.63. The van der Waals surface area contributed by atoms with Crippen LogP contribution >= 0.6 is 11.6 Å². The number of hydrogen-bond donors (Lipinski definition) is 1. The summed E-state index contributed by atoms with van der Waals surface area (Å²) in [4.78, 5) is 9.72. The van der Waals surface area contributed by atoms with E-state index in [-0.39, 0.29) is 5.82 Å². The standard InChI is InChI=1S/C13H17ClFN3/c1-2-3-7-18(8-6-14)13-16-11-5-4-10(15)9-12(11)17-13/h4-5,9H,2-3,6-8H2,1H3,(H,16,17). The minimum atomic E-state index is -0.254. The highest BCUT2D eigenvalue weighted by Crippen LogP contribution is 2.18. The minimum absolute atomic E-state index is 0.254. The molecular formula is C13H17ClFN3. The first-order valence-electron chi connectivity index (χ1n) is 6.20. The van der Waals surface area contributed by atoms with Crippen molar-refractivity contribution in [3.05, 3.63) is 24.0 Å². The van der Waals surface area contributed by atoms with Crippen LogP contribution in [0, 0.1) is 5.82 Å². The lowest BCUT2D eigenvalue weighted by Crippen LogP contribution is -2.27. The van der Waals surface area contributed by atoms with Crippen LogP contribution in [-0.4, -0.2) is 28.9 Å². The van der Waals surface area contributed by atoms with Crippen molar-refractivity contribution in [3.8, 4) is 0 Å². The predicted octanol–water partition coefficient (Wildman–Crippen LogP) is 3.55. The minimum Gasteiger partial charge on any atom is -0.341 e. The molecule has 98 valence electrons. The Hall–Kier alpha value is -1.29. The van der Waals surface area contributed by atoms with Gasteiger partial charge in [0.05, 0.1) is 11.0 Å². The normalized spacial score (nSPS) is 11.1. The molecule has 0 saturated carbocycles. The van der Waals surface area contributed by atoms with Crippen molar-refractivity contribution in [2.75, 3.05) is 23.9 Å². The maximum absolute atomic E-state index is 13.1. The number of hydrogen-bond acceptors (Lipinski definition) is 2. The van der Waals surface area contributed by atoms with Crippen molar-refractivity contribution in [3.63, 3.8) is 0 Å². The molecule has 0 saturated heterocycles. The van der Waals surface area contributed by atoms with Crippen molar-refractivity contribution in [1.82, 2.24) is 9.97 Å². The summed E-state index contributed by atoms with van der Waals surface area (Å²) in [5.74, 6) is 1.06. The van der Waals surface area contributed by atoms with Crippen LogP contribution in [-0.2, 0) is 0 Å². The van der Waals surface area contributed by atoms with Crippen LogP contribution in [0.25, 0.3) is 11.0 Å². The second-order valence-electron chi connectivity index (χ2n) is 4.25. The number of nitrogens with zero attached hydrogens (tertiary/aromatic N) is 2. The van der Waals surface area contributed by atoms with Crippen molar-refractivity contribution in [2.24, 2.45) is 0 Å². The van der Waals surface area contributed by atoms with Gasteiger partial charge >= 0.3 is 0 Å². The fourth-order valence-corrected chi connectivity index (χ4v) is 2.10. The Morgan fingerprint density at radius 3 is 2.94 bits per heavy atom. The van der Waals surface area contributed by atoms with E-state index in [4.69, 9.17) is 11.6 Å². The Kier molecular flexibility index (Phi) is 4.42. The van der Waals surface area contributed by atoms with Crippen LogP contribution in [0.15, 0.2) is 18.2 Å². The molecule has 0 fully saturated rings. The van der Waals surface area contributed by atoms with Gasteiger partial charge in [0.2, 0.25) is 5.95 Å². The van der Waals surface area contributed by atoms with Gasteiger partial charge < -0.3 is 9.88 Å². The summed E-state index contributed by atoms with van der Waals surface area (Å²) in [7, 11) is 0. The number of halogens is 2. The van der Waals surface area contributed by atoms with Crippen LogP contribution in [0.1, 0.15) is 19.8 Å². The van der Waals surface area contributed by atoms with Crippen LogP contribution in [0.2, 0.25) is 0 Å². The first-order valence-corrected chi connectivity index (χ1v) is 6.74. The number of nitrogens with one attached hydrogen (secondary N) is 1. The van der Waals surface area contributed by atoms with Crippen LogP contribution in [0.3, 0.4) is 0 Å². The zero-order chi connectivity index (χ0) is 13.0. The highest BCUT2D eigenvalue weighted by atomic mass is 35.5. The summed E-state index contributed by atoms with van der Waals surface area (Å²) >= 11 is 5.81. The third kappa shape index (κ3) is 2.93. The van der Waals surface area contributed by atoms with E-state index in [0.717, 1.165) is 42.9 Å². The molecule has 0 bridgehead atoms. The molecule has 0 spiro atoms. The van der Waals surface area contributed by atoms with Gasteiger partial charge in [0.1, 0.15) is 5.82 Å². The summed E-state index contributed by atoms with van der Waals surface area (Å²) in [6.07, 6.45) is 2.20. The van der Waals surface area contributed by atoms with Gasteiger partial charge in [-0.05, 0) is 24.6 Å². The lowest BCUT2D eigenvalue weighted by molar-refractivity contribution is 0.629. The number of anilines is 1. The fraction of sp³-hybridized carbons (Fsp3) is 0.462. The molecule has 5 heteroatoms. The molecule has 0 aliphatic heterocycles. The highest BCUT2D eigenvalue weighted by Gasteiger charge is 2.10. The molecule has 2 rings (SSSR count). The van der Waals surface area contributed by atoms with Crippen molar-refractivity contribution < 1.29 is 4.39 Å². The van der Waals surface area contributed by atoms with Gasteiger partial charge in [-0.25, -0.2) is 9.37 Å². The first-order chi connectivity index (χ1) is 8.74. The van der Waals surface area contributed by atoms with Crippen molar-refractivity contribution >= 4 is 28.6 Å². The Balaban J connectivity index is 2.26. The number of rotatable bonds is 6. The number of alkyl halides is 1. The third-order valence-corrected chi connectivity index (χ3v) is 3.04. The molecule has 0 atom stereocenters. The van der Waals surface area contributed by atoms with Gasteiger partial charge in [0.25, 0.3) is 0 Å². The molecule has 1 heterocycles. The molecule has 0 amide bonds. The molecule has 0 radical (unpaired) electrons. The first kappa shape index (κ1) is 13.1. The molecule has 18 heavy (non-hydrogen) atoms. The zero-order valence-corrected chi connectivity index (χ0v) is 11.2. The number of benzene rings is 1. The summed E-state index contributed by atoms with van der Waals surface area (Å²) < 4.78 is 13.1. The van der Waals surface area contributed by atoms with Gasteiger partial charge in [-0.1, -0.05) is 13.3 Å². The molecule has 0 aliphatic carbocycles. The SMILES string of the molecule is CCCCN(CCCl)c1nc2ccc(F)cc2[nH]1. The number of fused-ring (bicyclic) bond motifs is 1. The molecule has 0 unspecified atom stereocenters. The van der Waals surface area contributed by atoms with Gasteiger partial charge in [-0.2, -0.15) is 0 Å². The lowest BCUT2D eigenvalue weighted by atomic mass is 10.3. The molecule has 1 aromatic heterocycles. The largest absolute Gasteiger partial charge is 0.341 e. The average molecular weight is 270 g/mol. The monoisotopic (exact) mass is 269 g/mol. The summed E-state index contributed by atoms with van der Waals surface area (Å²) in [6.45, 7) is 3.79. The maximum Gasteiger partial charge on any atom is 0.203 e. The highest BCUT2D eigenvalue weighted by molar-refractivity contribution is 6.18. The third-order valence-electron chi connectivity index (χ3n) is 2.87. The number of unbranched alkanes of at least 4 members (excludes halogenated alkanes) is 1. The van der Waals surface area contributed by atoms with E-state index in [9.17, 15) is 4.39 Å². The Bertz CT molecular complexity index is 512. The van der Waals surface area contributed by atoms with Gasteiger partial charge in [-0.3, -0.25) is 0 Å².